The molecule has 0 bridgehead atoms. The van der Waals surface area contributed by atoms with E-state index < -0.39 is 15.3 Å². The van der Waals surface area contributed by atoms with Crippen LogP contribution >= 0.6 is 12.2 Å². The molecule has 0 radical (unpaired) electrons. The number of thiocarbonyl (C=S) groups is 1. The number of aryl methyl sites for hydroxylation is 1. The third-order valence-electron chi connectivity index (χ3n) is 2.22. The van der Waals surface area contributed by atoms with Crippen LogP contribution in [0.4, 0.5) is 0 Å². The fourth-order valence-electron chi connectivity index (χ4n) is 1.10. The summed E-state index contributed by atoms with van der Waals surface area (Å²) < 4.78 is 25.7. The summed E-state index contributed by atoms with van der Waals surface area (Å²) in [5, 5.41) is 5.53. The average molecular weight is 277 g/mol. The van der Waals surface area contributed by atoms with Crippen molar-refractivity contribution in [3.05, 3.63) is 12.2 Å². The number of aromatic nitrogens is 3. The van der Waals surface area contributed by atoms with E-state index in [1.807, 2.05) is 0 Å². The number of hydrogen-bond acceptors (Lipinski definition) is 5. The van der Waals surface area contributed by atoms with Crippen molar-refractivity contribution in [2.75, 3.05) is 6.54 Å². The van der Waals surface area contributed by atoms with E-state index in [-0.39, 0.29) is 4.99 Å². The first kappa shape index (κ1) is 14.0. The van der Waals surface area contributed by atoms with Gasteiger partial charge in [0.15, 0.2) is 0 Å². The van der Waals surface area contributed by atoms with Crippen LogP contribution in [-0.4, -0.2) is 40.4 Å². The first-order valence-electron chi connectivity index (χ1n) is 5.05. The molecule has 0 aliphatic heterocycles. The fraction of sp³-hybridized carbons (Fsp3) is 0.625. The zero-order valence-electron chi connectivity index (χ0n) is 9.38. The zero-order chi connectivity index (χ0) is 12.9. The van der Waals surface area contributed by atoms with Crippen molar-refractivity contribution in [3.63, 3.8) is 0 Å². The predicted octanol–water partition coefficient (Wildman–Crippen LogP) is -0.669. The highest BCUT2D eigenvalue weighted by molar-refractivity contribution is 7.93. The number of aromatic amines is 1. The van der Waals surface area contributed by atoms with Crippen molar-refractivity contribution < 1.29 is 8.42 Å². The molecule has 1 unspecified atom stereocenters. The van der Waals surface area contributed by atoms with Crippen molar-refractivity contribution >= 4 is 27.2 Å². The van der Waals surface area contributed by atoms with Crippen molar-refractivity contribution in [3.8, 4) is 0 Å². The molecule has 0 aliphatic carbocycles. The van der Waals surface area contributed by atoms with Crippen LogP contribution in [0.15, 0.2) is 6.33 Å². The maximum atomic E-state index is 11.6. The Morgan fingerprint density at radius 2 is 2.41 bits per heavy atom. The van der Waals surface area contributed by atoms with Gasteiger partial charge in [-0.1, -0.05) is 12.2 Å². The van der Waals surface area contributed by atoms with Crippen molar-refractivity contribution in [1.29, 1.82) is 0 Å². The summed E-state index contributed by atoms with van der Waals surface area (Å²) in [4.78, 5) is 3.89. The Morgan fingerprint density at radius 3 is 2.94 bits per heavy atom. The van der Waals surface area contributed by atoms with E-state index in [4.69, 9.17) is 5.73 Å². The first-order chi connectivity index (χ1) is 7.93. The number of sulfonamides is 1. The molecule has 1 aromatic heterocycles. The number of H-pyrrole nitrogens is 1. The summed E-state index contributed by atoms with van der Waals surface area (Å²) in [5.41, 5.74) is 5.29. The Labute approximate surface area is 105 Å². The summed E-state index contributed by atoms with van der Waals surface area (Å²) in [5.74, 6) is 0.728. The van der Waals surface area contributed by atoms with Gasteiger partial charge in [0, 0.05) is 13.0 Å². The Balaban J connectivity index is 2.33. The topological polar surface area (TPSA) is 114 Å². The molecule has 96 valence electrons. The molecule has 0 fully saturated rings. The molecule has 1 aromatic rings. The molecule has 4 N–H and O–H groups in total. The summed E-state index contributed by atoms with van der Waals surface area (Å²) in [6.45, 7) is 1.77. The average Bonchev–Trinajstić information content (AvgIpc) is 2.76. The minimum atomic E-state index is -3.46. The van der Waals surface area contributed by atoms with Crippen molar-refractivity contribution in [1.82, 2.24) is 19.9 Å². The van der Waals surface area contributed by atoms with Gasteiger partial charge in [-0.2, -0.15) is 5.10 Å². The first-order valence-corrected chi connectivity index (χ1v) is 7.01. The molecule has 0 aliphatic rings. The molecule has 1 heterocycles. The van der Waals surface area contributed by atoms with Gasteiger partial charge in [-0.15, -0.1) is 0 Å². The molecule has 0 spiro atoms. The standard InChI is InChI=1S/C8H15N5O2S2/c1-6(8(9)16)17(14,15)12-4-2-3-7-10-5-11-13-7/h5-6,12H,2-4H2,1H3,(H2,9,16)(H,10,11,13). The Kier molecular flexibility index (Phi) is 4.97. The van der Waals surface area contributed by atoms with E-state index in [1.54, 1.807) is 0 Å². The van der Waals surface area contributed by atoms with E-state index in [0.717, 1.165) is 5.82 Å². The molecule has 1 rings (SSSR count). The summed E-state index contributed by atoms with van der Waals surface area (Å²) in [6, 6.07) is 0. The van der Waals surface area contributed by atoms with E-state index in [0.29, 0.717) is 19.4 Å². The summed E-state index contributed by atoms with van der Waals surface area (Å²) in [6.07, 6.45) is 2.66. The molecule has 0 aromatic carbocycles. The molecule has 7 nitrogen and oxygen atoms in total. The molecule has 0 amide bonds. The molecule has 0 saturated heterocycles. The second-order valence-electron chi connectivity index (χ2n) is 3.52. The highest BCUT2D eigenvalue weighted by atomic mass is 32.2. The number of nitrogens with zero attached hydrogens (tertiary/aromatic N) is 2. The minimum absolute atomic E-state index is 0.0345. The van der Waals surface area contributed by atoms with Gasteiger partial charge in [0.05, 0.1) is 4.99 Å². The van der Waals surface area contributed by atoms with Gasteiger partial charge in [-0.25, -0.2) is 18.1 Å². The number of hydrogen-bond donors (Lipinski definition) is 3. The quantitative estimate of drug-likeness (QED) is 0.450. The normalized spacial score (nSPS) is 13.5. The molecule has 1 atom stereocenters. The van der Waals surface area contributed by atoms with Crippen LogP contribution in [0, 0.1) is 0 Å². The highest BCUT2D eigenvalue weighted by Gasteiger charge is 2.22. The second-order valence-corrected chi connectivity index (χ2v) is 6.08. The third-order valence-corrected chi connectivity index (χ3v) is 4.52. The van der Waals surface area contributed by atoms with Gasteiger partial charge in [-0.05, 0) is 13.3 Å². The number of rotatable bonds is 7. The van der Waals surface area contributed by atoms with Crippen LogP contribution in [0.2, 0.25) is 0 Å². The zero-order valence-corrected chi connectivity index (χ0v) is 11.0. The van der Waals surface area contributed by atoms with E-state index >= 15 is 0 Å². The van der Waals surface area contributed by atoms with Gasteiger partial charge in [0.2, 0.25) is 10.0 Å². The number of nitrogens with one attached hydrogen (secondary N) is 2. The predicted molar refractivity (Wildman–Crippen MR) is 67.9 cm³/mol. The lowest BCUT2D eigenvalue weighted by Crippen LogP contribution is -2.40. The van der Waals surface area contributed by atoms with Gasteiger partial charge in [0.25, 0.3) is 0 Å². The van der Waals surface area contributed by atoms with Gasteiger partial charge in [0.1, 0.15) is 17.4 Å². The van der Waals surface area contributed by atoms with Crippen LogP contribution in [0.1, 0.15) is 19.2 Å². The van der Waals surface area contributed by atoms with E-state index in [1.165, 1.54) is 13.3 Å². The smallest absolute Gasteiger partial charge is 0.220 e. The maximum Gasteiger partial charge on any atom is 0.220 e. The summed E-state index contributed by atoms with van der Waals surface area (Å²) >= 11 is 4.65. The minimum Gasteiger partial charge on any atom is -0.392 e. The lowest BCUT2D eigenvalue weighted by atomic mass is 10.3. The van der Waals surface area contributed by atoms with Crippen LogP contribution in [0.25, 0.3) is 0 Å². The SMILES string of the molecule is CC(C(N)=S)S(=O)(=O)NCCCc1ncn[nH]1. The molecule has 17 heavy (non-hydrogen) atoms. The fourth-order valence-corrected chi connectivity index (χ4v) is 2.46. The molecular weight excluding hydrogens is 262 g/mol. The van der Waals surface area contributed by atoms with E-state index in [2.05, 4.69) is 32.1 Å². The Hall–Kier alpha value is -1.06. The second kappa shape index (κ2) is 6.03. The monoisotopic (exact) mass is 277 g/mol. The highest BCUT2D eigenvalue weighted by Crippen LogP contribution is 1.99. The maximum absolute atomic E-state index is 11.6. The van der Waals surface area contributed by atoms with Crippen LogP contribution < -0.4 is 10.5 Å². The lowest BCUT2D eigenvalue weighted by molar-refractivity contribution is 0.575. The molecular formula is C8H15N5O2S2. The van der Waals surface area contributed by atoms with Gasteiger partial charge >= 0.3 is 0 Å². The molecule has 0 saturated carbocycles. The number of nitrogens with two attached hydrogens (primary N) is 1. The Morgan fingerprint density at radius 1 is 1.71 bits per heavy atom. The van der Waals surface area contributed by atoms with Gasteiger partial charge in [-0.3, -0.25) is 5.10 Å². The van der Waals surface area contributed by atoms with Crippen LogP contribution in [-0.2, 0) is 16.4 Å². The summed E-state index contributed by atoms with van der Waals surface area (Å²) in [7, 11) is -3.46. The third kappa shape index (κ3) is 4.36. The van der Waals surface area contributed by atoms with Gasteiger partial charge < -0.3 is 5.73 Å². The van der Waals surface area contributed by atoms with Crippen LogP contribution in [0.5, 0.6) is 0 Å². The van der Waals surface area contributed by atoms with Crippen molar-refractivity contribution in [2.24, 2.45) is 5.73 Å². The molecule has 9 heteroatoms. The van der Waals surface area contributed by atoms with Crippen LogP contribution in [0.3, 0.4) is 0 Å². The van der Waals surface area contributed by atoms with Crippen molar-refractivity contribution in [2.45, 2.75) is 25.0 Å². The largest absolute Gasteiger partial charge is 0.392 e. The lowest BCUT2D eigenvalue weighted by Gasteiger charge is -2.11. The Bertz CT molecular complexity index is 456. The van der Waals surface area contributed by atoms with E-state index in [9.17, 15) is 8.42 Å².